The molecule has 1 N–H and O–H groups in total. The Morgan fingerprint density at radius 1 is 1.26 bits per heavy atom. The molecule has 160 valence electrons. The minimum atomic E-state index is -0.651. The highest BCUT2D eigenvalue weighted by atomic mass is 19.1. The second kappa shape index (κ2) is 7.99. The molecular weight excluding hydrogens is 403 g/mol. The van der Waals surface area contributed by atoms with Crippen LogP contribution in [0.1, 0.15) is 35.0 Å². The topological polar surface area (TPSA) is 89.1 Å². The van der Waals surface area contributed by atoms with E-state index in [4.69, 9.17) is 9.15 Å². The van der Waals surface area contributed by atoms with E-state index in [1.807, 2.05) is 9.47 Å². The number of halogens is 1. The number of hydrazone groups is 1. The summed E-state index contributed by atoms with van der Waals surface area (Å²) in [6.07, 6.45) is 6.27. The summed E-state index contributed by atoms with van der Waals surface area (Å²) in [7, 11) is 0. The fraction of sp³-hybridized carbons (Fsp3) is 0.318. The monoisotopic (exact) mass is 424 g/mol. The number of pyridine rings is 1. The fourth-order valence-electron chi connectivity index (χ4n) is 3.80. The first-order chi connectivity index (χ1) is 15.1. The van der Waals surface area contributed by atoms with Gasteiger partial charge in [-0.3, -0.25) is 9.59 Å². The van der Waals surface area contributed by atoms with Gasteiger partial charge in [0.25, 0.3) is 5.91 Å². The lowest BCUT2D eigenvalue weighted by atomic mass is 10.1. The smallest absolute Gasteiger partial charge is 0.276 e. The molecule has 3 heterocycles. The summed E-state index contributed by atoms with van der Waals surface area (Å²) in [5, 5.41) is 4.02. The van der Waals surface area contributed by atoms with E-state index < -0.39 is 17.2 Å². The Morgan fingerprint density at radius 2 is 2.06 bits per heavy atom. The van der Waals surface area contributed by atoms with Gasteiger partial charge >= 0.3 is 0 Å². The third kappa shape index (κ3) is 3.84. The van der Waals surface area contributed by atoms with E-state index in [2.05, 4.69) is 10.5 Å². The van der Waals surface area contributed by atoms with Crippen LogP contribution in [0, 0.1) is 5.82 Å². The minimum Gasteiger partial charge on any atom is -0.463 e. The molecule has 1 aromatic carbocycles. The maximum Gasteiger partial charge on any atom is 0.276 e. The summed E-state index contributed by atoms with van der Waals surface area (Å²) in [6, 6.07) is 6.52. The van der Waals surface area contributed by atoms with Gasteiger partial charge in [-0.05, 0) is 37.1 Å². The number of morpholine rings is 1. The van der Waals surface area contributed by atoms with Gasteiger partial charge in [-0.15, -0.1) is 0 Å². The van der Waals surface area contributed by atoms with Gasteiger partial charge < -0.3 is 18.6 Å². The number of aromatic nitrogens is 1. The molecule has 2 aliphatic rings. The van der Waals surface area contributed by atoms with Crippen molar-refractivity contribution >= 4 is 28.7 Å². The molecular formula is C22H21FN4O4. The zero-order chi connectivity index (χ0) is 21.4. The van der Waals surface area contributed by atoms with E-state index in [0.717, 1.165) is 12.8 Å². The van der Waals surface area contributed by atoms with Gasteiger partial charge in [-0.2, -0.15) is 5.10 Å². The Bertz CT molecular complexity index is 1210. The highest BCUT2D eigenvalue weighted by molar-refractivity contribution is 5.98. The molecule has 0 spiro atoms. The molecule has 0 atom stereocenters. The number of amides is 1. The zero-order valence-corrected chi connectivity index (χ0v) is 16.7. The quantitative estimate of drug-likeness (QED) is 0.503. The summed E-state index contributed by atoms with van der Waals surface area (Å²) >= 11 is 0. The van der Waals surface area contributed by atoms with E-state index in [1.54, 1.807) is 24.4 Å². The Labute approximate surface area is 176 Å². The van der Waals surface area contributed by atoms with Crippen LogP contribution >= 0.6 is 0 Å². The predicted molar refractivity (Wildman–Crippen MR) is 113 cm³/mol. The van der Waals surface area contributed by atoms with Gasteiger partial charge in [0.1, 0.15) is 17.1 Å². The number of hydrogen-bond donors (Lipinski definition) is 1. The standard InChI is InChI=1S/C22H21FN4O4/c23-18-10-16-19(11-20(18)26-5-8-30-9-6-26)27(14-3-4-14)13-17(21(16)28)22(29)25-24-12-15-2-1-7-31-15/h1-2,7,10-14H,3-6,8-9H2,(H,25,29)/b24-12-. The highest BCUT2D eigenvalue weighted by Gasteiger charge is 2.28. The van der Waals surface area contributed by atoms with Crippen molar-refractivity contribution in [3.8, 4) is 0 Å². The summed E-state index contributed by atoms with van der Waals surface area (Å²) in [5.41, 5.74) is 2.83. The predicted octanol–water partition coefficient (Wildman–Crippen LogP) is 2.67. The number of nitrogens with one attached hydrogen (secondary N) is 1. The normalized spacial score (nSPS) is 16.9. The molecule has 1 aliphatic carbocycles. The van der Waals surface area contributed by atoms with E-state index in [1.165, 1.54) is 18.5 Å². The highest BCUT2D eigenvalue weighted by Crippen LogP contribution is 2.38. The fourth-order valence-corrected chi connectivity index (χ4v) is 3.80. The van der Waals surface area contributed by atoms with Crippen LogP contribution in [-0.2, 0) is 4.74 Å². The SMILES string of the molecule is O=C(N/N=C\c1ccco1)c1cn(C2CC2)c2cc(N3CCOCC3)c(F)cc2c1=O. The molecule has 1 aliphatic heterocycles. The number of nitrogens with zero attached hydrogens (tertiary/aromatic N) is 3. The number of carbonyl (C=O) groups excluding carboxylic acids is 1. The Balaban J connectivity index is 1.53. The Kier molecular flexibility index (Phi) is 5.03. The van der Waals surface area contributed by atoms with E-state index in [0.29, 0.717) is 43.3 Å². The van der Waals surface area contributed by atoms with Crippen LogP contribution < -0.4 is 15.8 Å². The van der Waals surface area contributed by atoms with Crippen LogP contribution in [0.5, 0.6) is 0 Å². The molecule has 2 aromatic heterocycles. The molecule has 0 bridgehead atoms. The first-order valence-corrected chi connectivity index (χ1v) is 10.2. The van der Waals surface area contributed by atoms with Gasteiger partial charge in [0.2, 0.25) is 5.43 Å². The van der Waals surface area contributed by atoms with E-state index >= 15 is 0 Å². The van der Waals surface area contributed by atoms with E-state index in [-0.39, 0.29) is 17.0 Å². The van der Waals surface area contributed by atoms with Crippen molar-refractivity contribution in [2.75, 3.05) is 31.2 Å². The molecule has 0 unspecified atom stereocenters. The van der Waals surface area contributed by atoms with Crippen molar-refractivity contribution in [2.24, 2.45) is 5.10 Å². The van der Waals surface area contributed by atoms with Gasteiger partial charge in [0, 0.05) is 30.7 Å². The second-order valence-electron chi connectivity index (χ2n) is 7.65. The Hall–Kier alpha value is -3.46. The van der Waals surface area contributed by atoms with Crippen molar-refractivity contribution in [3.63, 3.8) is 0 Å². The number of ether oxygens (including phenoxy) is 1. The van der Waals surface area contributed by atoms with Crippen LogP contribution in [0.25, 0.3) is 10.9 Å². The molecule has 3 aromatic rings. The summed E-state index contributed by atoms with van der Waals surface area (Å²) in [6.45, 7) is 2.24. The van der Waals surface area contributed by atoms with Crippen LogP contribution in [0.2, 0.25) is 0 Å². The van der Waals surface area contributed by atoms with Crippen LogP contribution in [0.4, 0.5) is 10.1 Å². The van der Waals surface area contributed by atoms with Gasteiger partial charge in [0.15, 0.2) is 0 Å². The molecule has 9 heteroatoms. The number of anilines is 1. The van der Waals surface area contributed by atoms with Crippen molar-refractivity contribution in [1.29, 1.82) is 0 Å². The molecule has 1 saturated carbocycles. The van der Waals surface area contributed by atoms with E-state index in [9.17, 15) is 14.0 Å². The number of fused-ring (bicyclic) bond motifs is 1. The molecule has 8 nitrogen and oxygen atoms in total. The largest absolute Gasteiger partial charge is 0.463 e. The second-order valence-corrected chi connectivity index (χ2v) is 7.65. The van der Waals surface area contributed by atoms with Crippen LogP contribution in [0.3, 0.4) is 0 Å². The van der Waals surface area contributed by atoms with Crippen molar-refractivity contribution in [3.05, 3.63) is 64.1 Å². The van der Waals surface area contributed by atoms with Gasteiger partial charge in [-0.1, -0.05) is 0 Å². The number of benzene rings is 1. The van der Waals surface area contributed by atoms with Crippen molar-refractivity contribution in [2.45, 2.75) is 18.9 Å². The molecule has 0 radical (unpaired) electrons. The van der Waals surface area contributed by atoms with Crippen molar-refractivity contribution < 1.29 is 18.3 Å². The van der Waals surface area contributed by atoms with Crippen LogP contribution in [0.15, 0.2) is 51.0 Å². The first kappa shape index (κ1) is 19.5. The summed E-state index contributed by atoms with van der Waals surface area (Å²) in [5.74, 6) is -0.670. The van der Waals surface area contributed by atoms with Gasteiger partial charge in [-0.25, -0.2) is 9.82 Å². The maximum atomic E-state index is 15.0. The maximum absolute atomic E-state index is 15.0. The average Bonchev–Trinajstić information content (AvgIpc) is 3.50. The Morgan fingerprint density at radius 3 is 2.77 bits per heavy atom. The third-order valence-corrected chi connectivity index (χ3v) is 5.54. The lowest BCUT2D eigenvalue weighted by Gasteiger charge is -2.29. The number of carbonyl (C=O) groups is 1. The third-order valence-electron chi connectivity index (χ3n) is 5.54. The lowest BCUT2D eigenvalue weighted by molar-refractivity contribution is 0.0953. The van der Waals surface area contributed by atoms with Gasteiger partial charge in [0.05, 0.1) is 36.9 Å². The average molecular weight is 424 g/mol. The minimum absolute atomic E-state index is 0.0745. The number of rotatable bonds is 5. The number of hydrogen-bond acceptors (Lipinski definition) is 6. The molecule has 1 saturated heterocycles. The lowest BCUT2D eigenvalue weighted by Crippen LogP contribution is -2.37. The number of furan rings is 1. The molecule has 2 fully saturated rings. The molecule has 31 heavy (non-hydrogen) atoms. The first-order valence-electron chi connectivity index (χ1n) is 10.2. The summed E-state index contributed by atoms with van der Waals surface area (Å²) in [4.78, 5) is 27.6. The van der Waals surface area contributed by atoms with Crippen LogP contribution in [-0.4, -0.2) is 43.0 Å². The summed E-state index contributed by atoms with van der Waals surface area (Å²) < 4.78 is 27.3. The molecule has 1 amide bonds. The zero-order valence-electron chi connectivity index (χ0n) is 16.7. The molecule has 5 rings (SSSR count). The van der Waals surface area contributed by atoms with Crippen molar-refractivity contribution in [1.82, 2.24) is 9.99 Å².